The van der Waals surface area contributed by atoms with Crippen molar-refractivity contribution in [1.29, 1.82) is 0 Å². The average Bonchev–Trinajstić information content (AvgIpc) is 2.44. The molecule has 0 aromatic heterocycles. The van der Waals surface area contributed by atoms with Crippen LogP contribution in [0.5, 0.6) is 5.75 Å². The molecule has 2 aromatic carbocycles. The van der Waals surface area contributed by atoms with E-state index in [2.05, 4.69) is 5.32 Å². The molecule has 4 heteroatoms. The zero-order chi connectivity index (χ0) is 15.4. The zero-order valence-corrected chi connectivity index (χ0v) is 12.3. The lowest BCUT2D eigenvalue weighted by Crippen LogP contribution is -2.30. The topological polar surface area (TPSA) is 38.3 Å². The number of hydrogen-bond donors (Lipinski definition) is 1. The van der Waals surface area contributed by atoms with Crippen LogP contribution < -0.4 is 10.1 Å². The second kappa shape index (κ2) is 6.39. The molecule has 0 fully saturated rings. The SMILES string of the molecule is Cc1ccc(NC(=O)[C@@H](C)Oc2ccc(F)cc2)c(C)c1. The van der Waals surface area contributed by atoms with Crippen LogP contribution in [0.4, 0.5) is 10.1 Å². The molecule has 1 atom stereocenters. The first kappa shape index (κ1) is 15.0. The summed E-state index contributed by atoms with van der Waals surface area (Å²) in [5.74, 6) is -0.124. The molecule has 0 aliphatic heterocycles. The molecule has 21 heavy (non-hydrogen) atoms. The summed E-state index contributed by atoms with van der Waals surface area (Å²) in [4.78, 5) is 12.1. The van der Waals surface area contributed by atoms with E-state index in [1.807, 2.05) is 32.0 Å². The van der Waals surface area contributed by atoms with Crippen LogP contribution in [0, 0.1) is 19.7 Å². The Labute approximate surface area is 123 Å². The molecule has 0 radical (unpaired) electrons. The Hall–Kier alpha value is -2.36. The summed E-state index contributed by atoms with van der Waals surface area (Å²) in [5.41, 5.74) is 2.90. The number of amides is 1. The Kier molecular flexibility index (Phi) is 4.58. The van der Waals surface area contributed by atoms with Crippen LogP contribution in [0.2, 0.25) is 0 Å². The van der Waals surface area contributed by atoms with Gasteiger partial charge in [-0.1, -0.05) is 17.7 Å². The first-order valence-electron chi connectivity index (χ1n) is 6.76. The van der Waals surface area contributed by atoms with E-state index in [4.69, 9.17) is 4.74 Å². The fraction of sp³-hybridized carbons (Fsp3) is 0.235. The van der Waals surface area contributed by atoms with Crippen LogP contribution in [-0.4, -0.2) is 12.0 Å². The lowest BCUT2D eigenvalue weighted by atomic mass is 10.1. The van der Waals surface area contributed by atoms with Gasteiger partial charge in [0.05, 0.1) is 0 Å². The molecule has 0 aliphatic carbocycles. The van der Waals surface area contributed by atoms with Gasteiger partial charge in [-0.2, -0.15) is 0 Å². The normalized spacial score (nSPS) is 11.8. The van der Waals surface area contributed by atoms with Crippen molar-refractivity contribution in [2.75, 3.05) is 5.32 Å². The van der Waals surface area contributed by atoms with Gasteiger partial charge in [-0.15, -0.1) is 0 Å². The number of nitrogens with one attached hydrogen (secondary N) is 1. The Bertz CT molecular complexity index is 638. The molecular formula is C17H18FNO2. The number of rotatable bonds is 4. The molecule has 1 N–H and O–H groups in total. The highest BCUT2D eigenvalue weighted by atomic mass is 19.1. The van der Waals surface area contributed by atoms with Gasteiger partial charge in [0.2, 0.25) is 0 Å². The summed E-state index contributed by atoms with van der Waals surface area (Å²) in [6, 6.07) is 11.4. The number of carbonyl (C=O) groups is 1. The quantitative estimate of drug-likeness (QED) is 0.927. The first-order valence-corrected chi connectivity index (χ1v) is 6.76. The number of carbonyl (C=O) groups excluding carboxylic acids is 1. The lowest BCUT2D eigenvalue weighted by molar-refractivity contribution is -0.122. The summed E-state index contributed by atoms with van der Waals surface area (Å²) in [5, 5.41) is 2.83. The van der Waals surface area contributed by atoms with Crippen molar-refractivity contribution in [2.24, 2.45) is 0 Å². The minimum atomic E-state index is -0.670. The van der Waals surface area contributed by atoms with Crippen LogP contribution in [-0.2, 0) is 4.79 Å². The number of benzene rings is 2. The molecule has 2 aromatic rings. The molecule has 2 rings (SSSR count). The minimum absolute atomic E-state index is 0.244. The van der Waals surface area contributed by atoms with Gasteiger partial charge in [-0.05, 0) is 56.7 Å². The van der Waals surface area contributed by atoms with Crippen molar-refractivity contribution in [1.82, 2.24) is 0 Å². The maximum Gasteiger partial charge on any atom is 0.265 e. The summed E-state index contributed by atoms with van der Waals surface area (Å²) >= 11 is 0. The minimum Gasteiger partial charge on any atom is -0.481 e. The standard InChI is InChI=1S/C17H18FNO2/c1-11-4-9-16(12(2)10-11)19-17(20)13(3)21-15-7-5-14(18)6-8-15/h4-10,13H,1-3H3,(H,19,20)/t13-/m1/s1. The molecule has 0 unspecified atom stereocenters. The monoisotopic (exact) mass is 287 g/mol. The molecule has 0 bridgehead atoms. The molecule has 0 aliphatic rings. The van der Waals surface area contributed by atoms with Gasteiger partial charge in [0, 0.05) is 5.69 Å². The van der Waals surface area contributed by atoms with E-state index in [1.165, 1.54) is 24.3 Å². The van der Waals surface area contributed by atoms with Gasteiger partial charge < -0.3 is 10.1 Å². The summed E-state index contributed by atoms with van der Waals surface area (Å²) < 4.78 is 18.3. The third-order valence-electron chi connectivity index (χ3n) is 3.14. The van der Waals surface area contributed by atoms with Crippen molar-refractivity contribution in [3.05, 3.63) is 59.4 Å². The van der Waals surface area contributed by atoms with Gasteiger partial charge in [-0.25, -0.2) is 4.39 Å². The van der Waals surface area contributed by atoms with Gasteiger partial charge >= 0.3 is 0 Å². The van der Waals surface area contributed by atoms with Gasteiger partial charge in [0.15, 0.2) is 6.10 Å². The van der Waals surface area contributed by atoms with Crippen molar-refractivity contribution in [3.63, 3.8) is 0 Å². The van der Waals surface area contributed by atoms with E-state index in [-0.39, 0.29) is 11.7 Å². The van der Waals surface area contributed by atoms with Crippen molar-refractivity contribution in [3.8, 4) is 5.75 Å². The zero-order valence-electron chi connectivity index (χ0n) is 12.3. The maximum atomic E-state index is 12.8. The predicted molar refractivity (Wildman–Crippen MR) is 81.0 cm³/mol. The smallest absolute Gasteiger partial charge is 0.265 e. The molecule has 0 saturated carbocycles. The molecule has 1 amide bonds. The average molecular weight is 287 g/mol. The number of halogens is 1. The Balaban J connectivity index is 2.00. The van der Waals surface area contributed by atoms with Gasteiger partial charge in [0.25, 0.3) is 5.91 Å². The highest BCUT2D eigenvalue weighted by molar-refractivity contribution is 5.94. The Morgan fingerprint density at radius 1 is 1.14 bits per heavy atom. The predicted octanol–water partition coefficient (Wildman–Crippen LogP) is 3.85. The van der Waals surface area contributed by atoms with E-state index in [1.54, 1.807) is 6.92 Å². The van der Waals surface area contributed by atoms with E-state index in [0.717, 1.165) is 16.8 Å². The Morgan fingerprint density at radius 2 is 1.81 bits per heavy atom. The number of anilines is 1. The maximum absolute atomic E-state index is 12.8. The van der Waals surface area contributed by atoms with Gasteiger partial charge in [0.1, 0.15) is 11.6 Å². The van der Waals surface area contributed by atoms with Crippen molar-refractivity contribution >= 4 is 11.6 Å². The third-order valence-corrected chi connectivity index (χ3v) is 3.14. The number of hydrogen-bond acceptors (Lipinski definition) is 2. The highest BCUT2D eigenvalue weighted by Crippen LogP contribution is 2.18. The molecule has 110 valence electrons. The van der Waals surface area contributed by atoms with Crippen LogP contribution in [0.15, 0.2) is 42.5 Å². The molecule has 3 nitrogen and oxygen atoms in total. The van der Waals surface area contributed by atoms with Crippen LogP contribution in [0.1, 0.15) is 18.1 Å². The number of ether oxygens (including phenoxy) is 1. The van der Waals surface area contributed by atoms with Gasteiger partial charge in [-0.3, -0.25) is 4.79 Å². The molecule has 0 saturated heterocycles. The molecule has 0 spiro atoms. The van der Waals surface area contributed by atoms with Crippen LogP contribution in [0.25, 0.3) is 0 Å². The van der Waals surface area contributed by atoms with Crippen LogP contribution >= 0.6 is 0 Å². The fourth-order valence-corrected chi connectivity index (χ4v) is 1.96. The summed E-state index contributed by atoms with van der Waals surface area (Å²) in [7, 11) is 0. The second-order valence-corrected chi connectivity index (χ2v) is 5.02. The third kappa shape index (κ3) is 4.05. The lowest BCUT2D eigenvalue weighted by Gasteiger charge is -2.16. The summed E-state index contributed by atoms with van der Waals surface area (Å²) in [6.07, 6.45) is -0.670. The fourth-order valence-electron chi connectivity index (χ4n) is 1.96. The number of aryl methyl sites for hydroxylation is 2. The van der Waals surface area contributed by atoms with Crippen molar-refractivity contribution in [2.45, 2.75) is 26.9 Å². The Morgan fingerprint density at radius 3 is 2.43 bits per heavy atom. The summed E-state index contributed by atoms with van der Waals surface area (Å²) in [6.45, 7) is 5.59. The first-order chi connectivity index (χ1) is 9.95. The van der Waals surface area contributed by atoms with E-state index in [0.29, 0.717) is 5.75 Å². The van der Waals surface area contributed by atoms with E-state index < -0.39 is 6.10 Å². The van der Waals surface area contributed by atoms with E-state index in [9.17, 15) is 9.18 Å². The largest absolute Gasteiger partial charge is 0.481 e. The van der Waals surface area contributed by atoms with Crippen LogP contribution in [0.3, 0.4) is 0 Å². The molecule has 0 heterocycles. The van der Waals surface area contributed by atoms with Crippen molar-refractivity contribution < 1.29 is 13.9 Å². The second-order valence-electron chi connectivity index (χ2n) is 5.02. The molecular weight excluding hydrogens is 269 g/mol. The van der Waals surface area contributed by atoms with E-state index >= 15 is 0 Å². The highest BCUT2D eigenvalue weighted by Gasteiger charge is 2.15.